The van der Waals surface area contributed by atoms with E-state index in [1.165, 1.54) is 24.2 Å². The smallest absolute Gasteiger partial charge is 0.309 e. The number of hydrogen-bond donors (Lipinski definition) is 1. The van der Waals surface area contributed by atoms with Crippen LogP contribution in [0.2, 0.25) is 0 Å². The molecule has 16 heavy (non-hydrogen) atoms. The summed E-state index contributed by atoms with van der Waals surface area (Å²) in [6.07, 6.45) is 2.46. The minimum atomic E-state index is -0.818. The van der Waals surface area contributed by atoms with E-state index in [-0.39, 0.29) is 6.42 Å². The first-order valence-electron chi connectivity index (χ1n) is 5.37. The number of hydrogen-bond acceptors (Lipinski definition) is 4. The standard InChI is InChI=1S/C11H17NO2S2/c1-8(2)4-3-5-15-11-12-9(7-16-11)6-10(13)14/h7-8H,3-6H2,1-2H3,(H,13,14). The van der Waals surface area contributed by atoms with Gasteiger partial charge in [0.05, 0.1) is 12.1 Å². The maximum atomic E-state index is 10.5. The zero-order valence-corrected chi connectivity index (χ0v) is 11.2. The molecule has 0 aliphatic heterocycles. The molecule has 1 heterocycles. The lowest BCUT2D eigenvalue weighted by Crippen LogP contribution is -1.99. The average molecular weight is 259 g/mol. The number of thiazole rings is 1. The van der Waals surface area contributed by atoms with E-state index in [1.54, 1.807) is 11.8 Å². The summed E-state index contributed by atoms with van der Waals surface area (Å²) in [4.78, 5) is 14.7. The molecule has 0 saturated carbocycles. The quantitative estimate of drug-likeness (QED) is 0.603. The molecule has 5 heteroatoms. The molecule has 1 N–H and O–H groups in total. The topological polar surface area (TPSA) is 50.2 Å². The van der Waals surface area contributed by atoms with Crippen molar-refractivity contribution < 1.29 is 9.90 Å². The van der Waals surface area contributed by atoms with Gasteiger partial charge in [0.15, 0.2) is 0 Å². The van der Waals surface area contributed by atoms with Gasteiger partial charge in [-0.05, 0) is 12.3 Å². The molecule has 0 amide bonds. The van der Waals surface area contributed by atoms with Crippen molar-refractivity contribution in [2.75, 3.05) is 5.75 Å². The van der Waals surface area contributed by atoms with Crippen LogP contribution in [0.1, 0.15) is 32.4 Å². The molecule has 0 radical (unpaired) electrons. The highest BCUT2D eigenvalue weighted by Gasteiger charge is 2.06. The van der Waals surface area contributed by atoms with E-state index in [9.17, 15) is 4.79 Å². The predicted molar refractivity (Wildman–Crippen MR) is 68.2 cm³/mol. The Balaban J connectivity index is 2.26. The summed E-state index contributed by atoms with van der Waals surface area (Å²) < 4.78 is 0.986. The maximum absolute atomic E-state index is 10.5. The van der Waals surface area contributed by atoms with Crippen LogP contribution in [0, 0.1) is 5.92 Å². The van der Waals surface area contributed by atoms with E-state index < -0.39 is 5.97 Å². The number of aromatic nitrogens is 1. The SMILES string of the molecule is CC(C)CCCSc1nc(CC(=O)O)cs1. The van der Waals surface area contributed by atoms with Gasteiger partial charge < -0.3 is 5.11 Å². The van der Waals surface area contributed by atoms with Gasteiger partial charge in [0.2, 0.25) is 0 Å². The van der Waals surface area contributed by atoms with Crippen molar-refractivity contribution in [1.82, 2.24) is 4.98 Å². The Morgan fingerprint density at radius 3 is 3.00 bits per heavy atom. The zero-order valence-electron chi connectivity index (χ0n) is 9.60. The van der Waals surface area contributed by atoms with Gasteiger partial charge >= 0.3 is 5.97 Å². The number of carboxylic acid groups (broad SMARTS) is 1. The molecule has 0 aromatic carbocycles. The maximum Gasteiger partial charge on any atom is 0.309 e. The second-order valence-corrected chi connectivity index (χ2v) is 6.26. The number of thioether (sulfide) groups is 1. The third-order valence-electron chi connectivity index (χ3n) is 2.01. The lowest BCUT2D eigenvalue weighted by Gasteiger charge is -2.02. The highest BCUT2D eigenvalue weighted by molar-refractivity contribution is 8.00. The molecule has 0 atom stereocenters. The summed E-state index contributed by atoms with van der Waals surface area (Å²) in [6.45, 7) is 4.44. The Bertz CT molecular complexity index is 336. The van der Waals surface area contributed by atoms with E-state index >= 15 is 0 Å². The highest BCUT2D eigenvalue weighted by Crippen LogP contribution is 2.24. The van der Waals surface area contributed by atoms with Crippen molar-refractivity contribution in [3.63, 3.8) is 0 Å². The molecule has 0 aliphatic rings. The molecular formula is C11H17NO2S2. The Morgan fingerprint density at radius 1 is 1.62 bits per heavy atom. The first kappa shape index (κ1) is 13.5. The molecule has 3 nitrogen and oxygen atoms in total. The highest BCUT2D eigenvalue weighted by atomic mass is 32.2. The van der Waals surface area contributed by atoms with Crippen LogP contribution >= 0.6 is 23.1 Å². The van der Waals surface area contributed by atoms with Crippen LogP contribution in [-0.2, 0) is 11.2 Å². The Labute approximate surface area is 104 Å². The van der Waals surface area contributed by atoms with Crippen molar-refractivity contribution in [1.29, 1.82) is 0 Å². The first-order chi connectivity index (χ1) is 7.58. The van der Waals surface area contributed by atoms with Crippen LogP contribution in [0.4, 0.5) is 0 Å². The number of carbonyl (C=O) groups is 1. The van der Waals surface area contributed by atoms with Gasteiger partial charge in [-0.25, -0.2) is 4.98 Å². The lowest BCUT2D eigenvalue weighted by atomic mass is 10.1. The Morgan fingerprint density at radius 2 is 2.38 bits per heavy atom. The molecule has 1 rings (SSSR count). The van der Waals surface area contributed by atoms with Gasteiger partial charge in [-0.3, -0.25) is 4.79 Å². The number of aliphatic carboxylic acids is 1. The van der Waals surface area contributed by atoms with Gasteiger partial charge in [-0.2, -0.15) is 0 Å². The molecule has 90 valence electrons. The molecular weight excluding hydrogens is 242 g/mol. The average Bonchev–Trinajstić information content (AvgIpc) is 2.59. The normalized spacial score (nSPS) is 10.9. The summed E-state index contributed by atoms with van der Waals surface area (Å²) in [5, 5.41) is 10.4. The molecule has 0 unspecified atom stereocenters. The monoisotopic (exact) mass is 259 g/mol. The van der Waals surface area contributed by atoms with Crippen molar-refractivity contribution in [3.8, 4) is 0 Å². The van der Waals surface area contributed by atoms with Gasteiger partial charge in [0, 0.05) is 11.1 Å². The van der Waals surface area contributed by atoms with E-state index in [1.807, 2.05) is 5.38 Å². The predicted octanol–water partition coefficient (Wildman–Crippen LogP) is 3.30. The Kier molecular flexibility index (Phi) is 5.84. The summed E-state index contributed by atoms with van der Waals surface area (Å²) in [5.74, 6) is 0.999. The zero-order chi connectivity index (χ0) is 12.0. The number of carboxylic acids is 1. The molecule has 0 bridgehead atoms. The first-order valence-corrected chi connectivity index (χ1v) is 7.23. The molecule has 0 spiro atoms. The summed E-state index contributed by atoms with van der Waals surface area (Å²) in [5.41, 5.74) is 0.670. The van der Waals surface area contributed by atoms with Crippen LogP contribution in [0.25, 0.3) is 0 Å². The van der Waals surface area contributed by atoms with Gasteiger partial charge in [-0.15, -0.1) is 11.3 Å². The third kappa shape index (κ3) is 5.51. The minimum Gasteiger partial charge on any atom is -0.481 e. The number of rotatable bonds is 7. The van der Waals surface area contributed by atoms with Crippen LogP contribution < -0.4 is 0 Å². The fraction of sp³-hybridized carbons (Fsp3) is 0.636. The van der Waals surface area contributed by atoms with Crippen LogP contribution in [0.3, 0.4) is 0 Å². The summed E-state index contributed by atoms with van der Waals surface area (Å²) in [7, 11) is 0. The van der Waals surface area contributed by atoms with Crippen LogP contribution in [0.5, 0.6) is 0 Å². The van der Waals surface area contributed by atoms with E-state index in [0.29, 0.717) is 5.69 Å². The molecule has 1 aromatic heterocycles. The largest absolute Gasteiger partial charge is 0.481 e. The van der Waals surface area contributed by atoms with Gasteiger partial charge in [0.1, 0.15) is 4.34 Å². The fourth-order valence-electron chi connectivity index (χ4n) is 1.24. The second kappa shape index (κ2) is 6.91. The van der Waals surface area contributed by atoms with Crippen molar-refractivity contribution >= 4 is 29.1 Å². The Hall–Kier alpha value is -0.550. The lowest BCUT2D eigenvalue weighted by molar-refractivity contribution is -0.136. The summed E-state index contributed by atoms with van der Waals surface area (Å²) in [6, 6.07) is 0. The molecule has 0 saturated heterocycles. The van der Waals surface area contributed by atoms with Crippen molar-refractivity contribution in [2.45, 2.75) is 37.4 Å². The van der Waals surface area contributed by atoms with Gasteiger partial charge in [-0.1, -0.05) is 32.0 Å². The second-order valence-electron chi connectivity index (χ2n) is 4.06. The number of nitrogens with zero attached hydrogens (tertiary/aromatic N) is 1. The molecule has 0 fully saturated rings. The van der Waals surface area contributed by atoms with Crippen LogP contribution in [-0.4, -0.2) is 21.8 Å². The van der Waals surface area contributed by atoms with Crippen molar-refractivity contribution in [3.05, 3.63) is 11.1 Å². The van der Waals surface area contributed by atoms with E-state index in [0.717, 1.165) is 16.0 Å². The van der Waals surface area contributed by atoms with E-state index in [2.05, 4.69) is 18.8 Å². The summed E-state index contributed by atoms with van der Waals surface area (Å²) >= 11 is 3.26. The van der Waals surface area contributed by atoms with Crippen molar-refractivity contribution in [2.24, 2.45) is 5.92 Å². The molecule has 0 aliphatic carbocycles. The van der Waals surface area contributed by atoms with E-state index in [4.69, 9.17) is 5.11 Å². The minimum absolute atomic E-state index is 0.0308. The third-order valence-corrected chi connectivity index (χ3v) is 4.17. The molecule has 1 aromatic rings. The van der Waals surface area contributed by atoms with Gasteiger partial charge in [0.25, 0.3) is 0 Å². The van der Waals surface area contributed by atoms with Crippen LogP contribution in [0.15, 0.2) is 9.72 Å². The fourth-order valence-corrected chi connectivity index (χ4v) is 3.12.